The lowest BCUT2D eigenvalue weighted by atomic mass is 10.0. The molecule has 1 N–H and O–H groups in total. The van der Waals surface area contributed by atoms with Gasteiger partial charge in [0.1, 0.15) is 5.82 Å². The predicted octanol–water partition coefficient (Wildman–Crippen LogP) is 4.52. The second-order valence-corrected chi connectivity index (χ2v) is 7.61. The van der Waals surface area contributed by atoms with E-state index >= 15 is 0 Å². The van der Waals surface area contributed by atoms with Crippen LogP contribution in [0.1, 0.15) is 55.4 Å². The van der Waals surface area contributed by atoms with Crippen LogP contribution < -0.4 is 0 Å². The highest BCUT2D eigenvalue weighted by Gasteiger charge is 2.29. The second kappa shape index (κ2) is 7.59. The second-order valence-electron chi connectivity index (χ2n) is 7.61. The molecule has 5 heteroatoms. The van der Waals surface area contributed by atoms with E-state index in [9.17, 15) is 4.79 Å². The summed E-state index contributed by atoms with van der Waals surface area (Å²) in [6.45, 7) is 5.98. The minimum Gasteiger partial charge on any atom is -0.349 e. The van der Waals surface area contributed by atoms with Gasteiger partial charge in [0, 0.05) is 30.9 Å². The van der Waals surface area contributed by atoms with Gasteiger partial charge >= 0.3 is 0 Å². The van der Waals surface area contributed by atoms with Crippen LogP contribution in [0.4, 0.5) is 0 Å². The molecule has 1 saturated heterocycles. The number of H-pyrrole nitrogens is 1. The number of benzene rings is 1. The van der Waals surface area contributed by atoms with Crippen LogP contribution in [0, 0.1) is 13.8 Å². The molecule has 27 heavy (non-hydrogen) atoms. The molecule has 0 bridgehead atoms. The number of hydrogen-bond donors (Lipinski definition) is 1. The van der Waals surface area contributed by atoms with Crippen molar-refractivity contribution in [2.75, 3.05) is 6.54 Å². The number of nitrogens with one attached hydrogen (secondary N) is 1. The van der Waals surface area contributed by atoms with Crippen LogP contribution in [0.3, 0.4) is 0 Å². The first-order chi connectivity index (χ1) is 13.1. The Morgan fingerprint density at radius 1 is 1.15 bits per heavy atom. The highest BCUT2D eigenvalue weighted by atomic mass is 16.2. The number of nitrogens with zero attached hydrogens (tertiary/aromatic N) is 3. The monoisotopic (exact) mass is 364 g/mol. The molecule has 0 saturated carbocycles. The first kappa shape index (κ1) is 17.8. The maximum absolute atomic E-state index is 13.0. The maximum Gasteiger partial charge on any atom is 0.223 e. The molecule has 1 amide bonds. The third-order valence-corrected chi connectivity index (χ3v) is 5.74. The molecule has 0 spiro atoms. The van der Waals surface area contributed by atoms with Gasteiger partial charge in [0.25, 0.3) is 0 Å². The standard InChI is InChI=1S/C22H28N4O/c1-16-12-13-17(2)25(16)15-7-11-21(27)26-14-6-5-10-20(26)22-23-18-8-3-4-9-19(18)24-22/h3-4,8-9,12-13,20H,5-7,10-11,14-15H2,1-2H3,(H,23,24)/t20-/m0/s1. The van der Waals surface area contributed by atoms with E-state index in [0.29, 0.717) is 6.42 Å². The molecule has 3 aromatic rings. The smallest absolute Gasteiger partial charge is 0.223 e. The van der Waals surface area contributed by atoms with Gasteiger partial charge in [-0.1, -0.05) is 12.1 Å². The van der Waals surface area contributed by atoms with Crippen LogP contribution in [0.5, 0.6) is 0 Å². The number of aryl methyl sites for hydroxylation is 2. The molecule has 0 aliphatic carbocycles. The molecule has 3 heterocycles. The zero-order valence-corrected chi connectivity index (χ0v) is 16.2. The van der Waals surface area contributed by atoms with Crippen LogP contribution in [0.2, 0.25) is 0 Å². The average molecular weight is 364 g/mol. The van der Waals surface area contributed by atoms with E-state index in [2.05, 4.69) is 40.4 Å². The van der Waals surface area contributed by atoms with E-state index in [4.69, 9.17) is 4.98 Å². The number of likely N-dealkylation sites (tertiary alicyclic amines) is 1. The van der Waals surface area contributed by atoms with Crippen LogP contribution >= 0.6 is 0 Å². The van der Waals surface area contributed by atoms with Gasteiger partial charge in [-0.2, -0.15) is 0 Å². The van der Waals surface area contributed by atoms with Gasteiger partial charge in [-0.05, 0) is 63.8 Å². The fourth-order valence-corrected chi connectivity index (χ4v) is 4.23. The Morgan fingerprint density at radius 3 is 2.70 bits per heavy atom. The summed E-state index contributed by atoms with van der Waals surface area (Å²) in [7, 11) is 0. The molecule has 1 aliphatic heterocycles. The normalized spacial score (nSPS) is 17.6. The molecule has 1 fully saturated rings. The molecule has 1 aromatic carbocycles. The van der Waals surface area contributed by atoms with Gasteiger partial charge in [-0.15, -0.1) is 0 Å². The molecule has 5 nitrogen and oxygen atoms in total. The molecule has 4 rings (SSSR count). The molecule has 1 atom stereocenters. The molecule has 0 radical (unpaired) electrons. The van der Waals surface area contributed by atoms with Gasteiger partial charge < -0.3 is 14.5 Å². The number of piperidine rings is 1. The lowest BCUT2D eigenvalue weighted by Gasteiger charge is -2.34. The van der Waals surface area contributed by atoms with Gasteiger partial charge in [0.2, 0.25) is 5.91 Å². The Kier molecular flexibility index (Phi) is 5.01. The Morgan fingerprint density at radius 2 is 1.93 bits per heavy atom. The number of hydrogen-bond acceptors (Lipinski definition) is 2. The van der Waals surface area contributed by atoms with Crippen molar-refractivity contribution in [1.29, 1.82) is 0 Å². The fraction of sp³-hybridized carbons (Fsp3) is 0.455. The fourth-order valence-electron chi connectivity index (χ4n) is 4.23. The summed E-state index contributed by atoms with van der Waals surface area (Å²) in [5.41, 5.74) is 4.55. The molecular weight excluding hydrogens is 336 g/mol. The van der Waals surface area contributed by atoms with Crippen molar-refractivity contribution in [3.8, 4) is 0 Å². The van der Waals surface area contributed by atoms with Crippen molar-refractivity contribution in [3.63, 3.8) is 0 Å². The van der Waals surface area contributed by atoms with Crippen molar-refractivity contribution in [2.45, 2.75) is 58.5 Å². The Hall–Kier alpha value is -2.56. The minimum atomic E-state index is 0.0775. The first-order valence-corrected chi connectivity index (χ1v) is 10.0. The van der Waals surface area contributed by atoms with Gasteiger partial charge in [0.05, 0.1) is 17.1 Å². The number of para-hydroxylation sites is 2. The van der Waals surface area contributed by atoms with E-state index < -0.39 is 0 Å². The summed E-state index contributed by atoms with van der Waals surface area (Å²) < 4.78 is 2.29. The molecular formula is C22H28N4O. The summed E-state index contributed by atoms with van der Waals surface area (Å²) in [6.07, 6.45) is 4.68. The van der Waals surface area contributed by atoms with Crippen molar-refractivity contribution in [3.05, 3.63) is 53.6 Å². The van der Waals surface area contributed by atoms with Crippen molar-refractivity contribution in [1.82, 2.24) is 19.4 Å². The number of amides is 1. The quantitative estimate of drug-likeness (QED) is 0.724. The summed E-state index contributed by atoms with van der Waals surface area (Å²) in [5, 5.41) is 0. The molecule has 0 unspecified atom stereocenters. The van der Waals surface area contributed by atoms with Crippen molar-refractivity contribution < 1.29 is 4.79 Å². The van der Waals surface area contributed by atoms with E-state index in [-0.39, 0.29) is 11.9 Å². The Bertz CT molecular complexity index is 886. The highest BCUT2D eigenvalue weighted by Crippen LogP contribution is 2.31. The maximum atomic E-state index is 13.0. The molecule has 1 aliphatic rings. The van der Waals surface area contributed by atoms with Crippen molar-refractivity contribution >= 4 is 16.9 Å². The number of aromatic nitrogens is 3. The minimum absolute atomic E-state index is 0.0775. The number of aromatic amines is 1. The Balaban J connectivity index is 1.44. The van der Waals surface area contributed by atoms with E-state index in [0.717, 1.165) is 55.6 Å². The molecule has 2 aromatic heterocycles. The third-order valence-electron chi connectivity index (χ3n) is 5.74. The summed E-state index contributed by atoms with van der Waals surface area (Å²) >= 11 is 0. The SMILES string of the molecule is Cc1ccc(C)n1CCCC(=O)N1CCCC[C@H]1c1nc2ccccc2[nH]1. The average Bonchev–Trinajstić information content (AvgIpc) is 3.26. The molecule has 142 valence electrons. The van der Waals surface area contributed by atoms with E-state index in [1.807, 2.05) is 24.3 Å². The first-order valence-electron chi connectivity index (χ1n) is 10.0. The topological polar surface area (TPSA) is 53.9 Å². The van der Waals surface area contributed by atoms with Crippen LogP contribution in [0.25, 0.3) is 11.0 Å². The third kappa shape index (κ3) is 3.64. The zero-order valence-electron chi connectivity index (χ0n) is 16.2. The number of rotatable bonds is 5. The van der Waals surface area contributed by atoms with Gasteiger partial charge in [-0.25, -0.2) is 4.98 Å². The predicted molar refractivity (Wildman–Crippen MR) is 108 cm³/mol. The number of imidazole rings is 1. The largest absolute Gasteiger partial charge is 0.349 e. The number of carbonyl (C=O) groups excluding carboxylic acids is 1. The van der Waals surface area contributed by atoms with Crippen LogP contribution in [-0.2, 0) is 11.3 Å². The van der Waals surface area contributed by atoms with Crippen LogP contribution in [-0.4, -0.2) is 31.9 Å². The lowest BCUT2D eigenvalue weighted by molar-refractivity contribution is -0.135. The zero-order chi connectivity index (χ0) is 18.8. The van der Waals surface area contributed by atoms with E-state index in [1.54, 1.807) is 0 Å². The number of carbonyl (C=O) groups is 1. The van der Waals surface area contributed by atoms with Gasteiger partial charge in [0.15, 0.2) is 0 Å². The van der Waals surface area contributed by atoms with Gasteiger partial charge in [-0.3, -0.25) is 4.79 Å². The Labute approximate surface area is 160 Å². The summed E-state index contributed by atoms with van der Waals surface area (Å²) in [6, 6.07) is 12.4. The number of fused-ring (bicyclic) bond motifs is 1. The summed E-state index contributed by atoms with van der Waals surface area (Å²) in [5.74, 6) is 1.18. The highest BCUT2D eigenvalue weighted by molar-refractivity contribution is 5.78. The summed E-state index contributed by atoms with van der Waals surface area (Å²) in [4.78, 5) is 23.2. The van der Waals surface area contributed by atoms with Crippen molar-refractivity contribution in [2.24, 2.45) is 0 Å². The van der Waals surface area contributed by atoms with E-state index in [1.165, 1.54) is 11.4 Å². The lowest BCUT2D eigenvalue weighted by Crippen LogP contribution is -2.39. The van der Waals surface area contributed by atoms with Crippen LogP contribution in [0.15, 0.2) is 36.4 Å².